The van der Waals surface area contributed by atoms with Crippen molar-refractivity contribution in [3.8, 4) is 0 Å². The third-order valence-corrected chi connectivity index (χ3v) is 3.14. The number of halogens is 1. The van der Waals surface area contributed by atoms with Gasteiger partial charge in [0.05, 0.1) is 11.9 Å². The van der Waals surface area contributed by atoms with Crippen LogP contribution < -0.4 is 5.43 Å². The number of thiophene rings is 1. The van der Waals surface area contributed by atoms with Gasteiger partial charge in [-0.05, 0) is 37.3 Å². The molecule has 0 atom stereocenters. The zero-order chi connectivity index (χ0) is 11.4. The van der Waals surface area contributed by atoms with Crippen molar-refractivity contribution in [2.45, 2.75) is 6.92 Å². The van der Waals surface area contributed by atoms with E-state index in [0.717, 1.165) is 10.6 Å². The molecule has 0 saturated carbocycles. The number of benzene rings is 1. The van der Waals surface area contributed by atoms with E-state index in [-0.39, 0.29) is 0 Å². The number of rotatable bonds is 3. The summed E-state index contributed by atoms with van der Waals surface area (Å²) in [5.41, 5.74) is 3.82. The molecule has 1 N–H and O–H groups in total. The van der Waals surface area contributed by atoms with E-state index in [1.165, 1.54) is 4.88 Å². The SMILES string of the molecule is Cc1ccc(/C=N/Nc2cccc(Cl)c2)s1. The van der Waals surface area contributed by atoms with Crippen LogP contribution in [0, 0.1) is 6.92 Å². The molecular formula is C12H11ClN2S. The molecule has 1 aromatic heterocycles. The Morgan fingerprint density at radius 1 is 1.31 bits per heavy atom. The highest BCUT2D eigenvalue weighted by atomic mass is 35.5. The predicted octanol–water partition coefficient (Wildman–Crippen LogP) is 4.16. The van der Waals surface area contributed by atoms with Gasteiger partial charge in [0.15, 0.2) is 0 Å². The summed E-state index contributed by atoms with van der Waals surface area (Å²) in [7, 11) is 0. The maximum Gasteiger partial charge on any atom is 0.0644 e. The molecule has 0 aliphatic heterocycles. The van der Waals surface area contributed by atoms with Gasteiger partial charge in [0.25, 0.3) is 0 Å². The Hall–Kier alpha value is -1.32. The average molecular weight is 251 g/mol. The Morgan fingerprint density at radius 3 is 2.88 bits per heavy atom. The summed E-state index contributed by atoms with van der Waals surface area (Å²) in [4.78, 5) is 2.41. The van der Waals surface area contributed by atoms with E-state index in [9.17, 15) is 0 Å². The van der Waals surface area contributed by atoms with Crippen molar-refractivity contribution in [2.24, 2.45) is 5.10 Å². The lowest BCUT2D eigenvalue weighted by molar-refractivity contribution is 1.35. The van der Waals surface area contributed by atoms with Gasteiger partial charge in [-0.25, -0.2) is 0 Å². The zero-order valence-electron chi connectivity index (χ0n) is 8.77. The first-order chi connectivity index (χ1) is 7.74. The molecule has 0 aliphatic carbocycles. The molecule has 0 unspecified atom stereocenters. The summed E-state index contributed by atoms with van der Waals surface area (Å²) in [6.07, 6.45) is 1.80. The van der Waals surface area contributed by atoms with Crippen LogP contribution in [-0.2, 0) is 0 Å². The highest BCUT2D eigenvalue weighted by Crippen LogP contribution is 2.15. The minimum Gasteiger partial charge on any atom is -0.278 e. The van der Waals surface area contributed by atoms with Crippen LogP contribution >= 0.6 is 22.9 Å². The van der Waals surface area contributed by atoms with Gasteiger partial charge in [0.1, 0.15) is 0 Å². The minimum absolute atomic E-state index is 0.701. The summed E-state index contributed by atoms with van der Waals surface area (Å²) in [6, 6.07) is 11.6. The van der Waals surface area contributed by atoms with E-state index in [2.05, 4.69) is 23.5 Å². The van der Waals surface area contributed by atoms with Crippen molar-refractivity contribution in [3.05, 3.63) is 51.2 Å². The Balaban J connectivity index is 1.99. The Labute approximate surface area is 104 Å². The van der Waals surface area contributed by atoms with Crippen LogP contribution in [0.4, 0.5) is 5.69 Å². The number of anilines is 1. The van der Waals surface area contributed by atoms with Gasteiger partial charge in [0, 0.05) is 14.8 Å². The smallest absolute Gasteiger partial charge is 0.0644 e. The van der Waals surface area contributed by atoms with Crippen LogP contribution in [0.25, 0.3) is 0 Å². The fourth-order valence-corrected chi connectivity index (χ4v) is 2.19. The molecule has 1 heterocycles. The lowest BCUT2D eigenvalue weighted by Crippen LogP contribution is -1.88. The van der Waals surface area contributed by atoms with E-state index in [4.69, 9.17) is 11.6 Å². The number of hydrogen-bond acceptors (Lipinski definition) is 3. The van der Waals surface area contributed by atoms with Crippen LogP contribution in [-0.4, -0.2) is 6.21 Å². The summed E-state index contributed by atoms with van der Waals surface area (Å²) < 4.78 is 0. The standard InChI is InChI=1S/C12H11ClN2S/c1-9-5-6-12(16-9)8-14-15-11-4-2-3-10(13)7-11/h2-8,15H,1H3/b14-8+. The molecule has 0 aliphatic rings. The largest absolute Gasteiger partial charge is 0.278 e. The quantitative estimate of drug-likeness (QED) is 0.642. The first-order valence-corrected chi connectivity index (χ1v) is 6.04. The summed E-state index contributed by atoms with van der Waals surface area (Å²) >= 11 is 7.56. The van der Waals surface area contributed by atoms with Crippen molar-refractivity contribution in [3.63, 3.8) is 0 Å². The van der Waals surface area contributed by atoms with Crippen LogP contribution in [0.3, 0.4) is 0 Å². The van der Waals surface area contributed by atoms with E-state index >= 15 is 0 Å². The predicted molar refractivity (Wildman–Crippen MR) is 71.7 cm³/mol. The molecule has 0 bridgehead atoms. The zero-order valence-corrected chi connectivity index (χ0v) is 10.3. The first kappa shape index (κ1) is 11.2. The van der Waals surface area contributed by atoms with Crippen LogP contribution in [0.15, 0.2) is 41.5 Å². The Bertz CT molecular complexity index is 505. The molecule has 0 fully saturated rings. The minimum atomic E-state index is 0.701. The Morgan fingerprint density at radius 2 is 2.19 bits per heavy atom. The molecule has 1 aromatic carbocycles. The van der Waals surface area contributed by atoms with Crippen molar-refractivity contribution in [1.29, 1.82) is 0 Å². The van der Waals surface area contributed by atoms with Crippen LogP contribution in [0.1, 0.15) is 9.75 Å². The van der Waals surface area contributed by atoms with E-state index in [1.807, 2.05) is 30.3 Å². The lowest BCUT2D eigenvalue weighted by Gasteiger charge is -1.98. The van der Waals surface area contributed by atoms with Gasteiger partial charge in [-0.2, -0.15) is 5.10 Å². The van der Waals surface area contributed by atoms with Crippen molar-refractivity contribution < 1.29 is 0 Å². The monoisotopic (exact) mass is 250 g/mol. The molecule has 2 nitrogen and oxygen atoms in total. The number of nitrogens with zero attached hydrogens (tertiary/aromatic N) is 1. The van der Waals surface area contributed by atoms with E-state index in [0.29, 0.717) is 5.02 Å². The van der Waals surface area contributed by atoms with Gasteiger partial charge in [-0.15, -0.1) is 11.3 Å². The van der Waals surface area contributed by atoms with Crippen molar-refractivity contribution in [2.75, 3.05) is 5.43 Å². The Kier molecular flexibility index (Phi) is 3.59. The molecule has 0 radical (unpaired) electrons. The fourth-order valence-electron chi connectivity index (χ4n) is 1.25. The van der Waals surface area contributed by atoms with Crippen LogP contribution in [0.2, 0.25) is 5.02 Å². The normalized spacial score (nSPS) is 10.9. The molecule has 4 heteroatoms. The van der Waals surface area contributed by atoms with Crippen LogP contribution in [0.5, 0.6) is 0 Å². The molecule has 0 amide bonds. The number of nitrogens with one attached hydrogen (secondary N) is 1. The number of hydrazone groups is 1. The molecule has 2 aromatic rings. The topological polar surface area (TPSA) is 24.4 Å². The maximum absolute atomic E-state index is 5.85. The third-order valence-electron chi connectivity index (χ3n) is 1.97. The van der Waals surface area contributed by atoms with Gasteiger partial charge >= 0.3 is 0 Å². The summed E-state index contributed by atoms with van der Waals surface area (Å²) in [5, 5.41) is 4.84. The number of aryl methyl sites for hydroxylation is 1. The van der Waals surface area contributed by atoms with Gasteiger partial charge in [-0.3, -0.25) is 5.43 Å². The van der Waals surface area contributed by atoms with E-state index < -0.39 is 0 Å². The van der Waals surface area contributed by atoms with Gasteiger partial charge in [0.2, 0.25) is 0 Å². The molecule has 82 valence electrons. The van der Waals surface area contributed by atoms with Crippen molar-refractivity contribution >= 4 is 34.8 Å². The second-order valence-electron chi connectivity index (χ2n) is 3.33. The van der Waals surface area contributed by atoms with Crippen molar-refractivity contribution in [1.82, 2.24) is 0 Å². The summed E-state index contributed by atoms with van der Waals surface area (Å²) in [6.45, 7) is 2.08. The number of hydrogen-bond donors (Lipinski definition) is 1. The highest BCUT2D eigenvalue weighted by Gasteiger charge is 1.92. The average Bonchev–Trinajstić information content (AvgIpc) is 2.64. The first-order valence-electron chi connectivity index (χ1n) is 4.85. The highest BCUT2D eigenvalue weighted by molar-refractivity contribution is 7.13. The van der Waals surface area contributed by atoms with Gasteiger partial charge < -0.3 is 0 Å². The molecule has 2 rings (SSSR count). The molecule has 0 spiro atoms. The fraction of sp³-hybridized carbons (Fsp3) is 0.0833. The third kappa shape index (κ3) is 3.08. The maximum atomic E-state index is 5.85. The lowest BCUT2D eigenvalue weighted by atomic mass is 10.3. The molecular weight excluding hydrogens is 240 g/mol. The molecule has 0 saturated heterocycles. The second-order valence-corrected chi connectivity index (χ2v) is 5.08. The molecule has 16 heavy (non-hydrogen) atoms. The second kappa shape index (κ2) is 5.14. The summed E-state index contributed by atoms with van der Waals surface area (Å²) in [5.74, 6) is 0. The van der Waals surface area contributed by atoms with E-state index in [1.54, 1.807) is 17.6 Å². The van der Waals surface area contributed by atoms with Gasteiger partial charge in [-0.1, -0.05) is 17.7 Å².